The van der Waals surface area contributed by atoms with Gasteiger partial charge in [-0.05, 0) is 0 Å². The molecular formula is C17H18N6OSn. The number of nitrogens with zero attached hydrogens (tertiary/aromatic N) is 5. The first kappa shape index (κ1) is 16.5. The molecule has 1 saturated carbocycles. The van der Waals surface area contributed by atoms with Crippen molar-refractivity contribution in [1.82, 2.24) is 19.7 Å². The fourth-order valence-corrected chi connectivity index (χ4v) is 6.36. The number of nitrogen functional groups attached to an aromatic ring is 1. The molecule has 2 radical (unpaired) electrons. The summed E-state index contributed by atoms with van der Waals surface area (Å²) in [4.78, 5) is 8.81. The van der Waals surface area contributed by atoms with Crippen LogP contribution in [0.5, 0.6) is 0 Å². The second-order valence-corrected chi connectivity index (χ2v) is 9.59. The van der Waals surface area contributed by atoms with Gasteiger partial charge in [-0.15, -0.1) is 0 Å². The number of nitriles is 1. The predicted octanol–water partition coefficient (Wildman–Crippen LogP) is 0.852. The molecule has 126 valence electrons. The molecule has 3 atom stereocenters. The summed E-state index contributed by atoms with van der Waals surface area (Å²) in [5.41, 5.74) is 8.83. The molecule has 3 unspecified atom stereocenters. The first-order chi connectivity index (χ1) is 12.2. The molecule has 0 bridgehead atoms. The van der Waals surface area contributed by atoms with Crippen LogP contribution in [0.2, 0.25) is 0 Å². The van der Waals surface area contributed by atoms with Crippen molar-refractivity contribution in [1.29, 1.82) is 5.26 Å². The van der Waals surface area contributed by atoms with Crippen molar-refractivity contribution in [2.45, 2.75) is 37.8 Å². The van der Waals surface area contributed by atoms with E-state index < -0.39 is 21.1 Å². The minimum absolute atomic E-state index is 0.0388. The summed E-state index contributed by atoms with van der Waals surface area (Å²) in [5.74, 6) is 0.443. The number of rotatable bonds is 4. The third kappa shape index (κ3) is 2.93. The summed E-state index contributed by atoms with van der Waals surface area (Å²) in [6, 6.07) is 2.06. The first-order valence-corrected chi connectivity index (χ1v) is 11.4. The molecule has 3 heterocycles. The maximum atomic E-state index is 10.3. The summed E-state index contributed by atoms with van der Waals surface area (Å²) in [5, 5.41) is 24.0. The fourth-order valence-electron chi connectivity index (χ4n) is 3.80. The summed E-state index contributed by atoms with van der Waals surface area (Å²) in [7, 11) is 0. The Morgan fingerprint density at radius 2 is 2.32 bits per heavy atom. The molecule has 0 spiro atoms. The minimum atomic E-state index is -0.740. The van der Waals surface area contributed by atoms with Crippen LogP contribution >= 0.6 is 0 Å². The number of nitrogens with two attached hydrogens (primary N) is 1. The van der Waals surface area contributed by atoms with Gasteiger partial charge in [-0.25, -0.2) is 0 Å². The second kappa shape index (κ2) is 6.77. The molecule has 25 heavy (non-hydrogen) atoms. The van der Waals surface area contributed by atoms with Crippen LogP contribution in [0.3, 0.4) is 0 Å². The summed E-state index contributed by atoms with van der Waals surface area (Å²) >= 11 is -0.740. The van der Waals surface area contributed by atoms with Crippen LogP contribution < -0.4 is 9.44 Å². The van der Waals surface area contributed by atoms with Crippen molar-refractivity contribution in [3.63, 3.8) is 0 Å². The van der Waals surface area contributed by atoms with Gasteiger partial charge in [-0.3, -0.25) is 0 Å². The van der Waals surface area contributed by atoms with E-state index in [4.69, 9.17) is 5.73 Å². The molecule has 2 aliphatic rings. The van der Waals surface area contributed by atoms with Crippen molar-refractivity contribution in [2.75, 3.05) is 5.73 Å². The topological polar surface area (TPSA) is 114 Å². The van der Waals surface area contributed by atoms with Crippen molar-refractivity contribution in [3.05, 3.63) is 22.2 Å². The number of hydrogen-bond acceptors (Lipinski definition) is 6. The summed E-state index contributed by atoms with van der Waals surface area (Å²) < 4.78 is 5.14. The van der Waals surface area contributed by atoms with Gasteiger partial charge >= 0.3 is 156 Å². The van der Waals surface area contributed by atoms with Gasteiger partial charge in [0.15, 0.2) is 0 Å². The van der Waals surface area contributed by atoms with Gasteiger partial charge in [0.2, 0.25) is 0 Å². The molecule has 0 aromatic carbocycles. The molecule has 2 aromatic heterocycles. The molecule has 3 N–H and O–H groups in total. The van der Waals surface area contributed by atoms with Crippen LogP contribution in [0.25, 0.3) is 17.3 Å². The average Bonchev–Trinajstić information content (AvgIpc) is 3.32. The van der Waals surface area contributed by atoms with E-state index in [1.54, 1.807) is 11.0 Å². The first-order valence-electron chi connectivity index (χ1n) is 8.37. The number of aliphatic hydroxyl groups is 1. The molecule has 1 aliphatic carbocycles. The van der Waals surface area contributed by atoms with Gasteiger partial charge in [-0.1, -0.05) is 0 Å². The Morgan fingerprint density at radius 1 is 1.44 bits per heavy atom. The molecule has 0 saturated heterocycles. The van der Waals surface area contributed by atoms with E-state index in [0.29, 0.717) is 12.2 Å². The van der Waals surface area contributed by atoms with Gasteiger partial charge in [0.1, 0.15) is 0 Å². The Bertz CT molecular complexity index is 871. The van der Waals surface area contributed by atoms with E-state index >= 15 is 0 Å². The van der Waals surface area contributed by atoms with Gasteiger partial charge in [0.05, 0.1) is 0 Å². The molecule has 7 nitrogen and oxygen atoms in total. The summed E-state index contributed by atoms with van der Waals surface area (Å²) in [6.45, 7) is 0. The van der Waals surface area contributed by atoms with Gasteiger partial charge < -0.3 is 0 Å². The Hall–Kier alpha value is -1.92. The van der Waals surface area contributed by atoms with E-state index in [0.717, 1.165) is 39.8 Å². The van der Waals surface area contributed by atoms with Gasteiger partial charge in [0.25, 0.3) is 0 Å². The molecule has 4 rings (SSSR count). The standard InChI is InChI=1S/C17H18N6O.Sn/c1-2-11-8-20-10-21-16(11)13-9-23(22-17(13)19)14(6-7-18)12-4-3-5-15(12)24;/h1-2,9-10,12,14-15,24H,3-6H2,(H2,19,22);. The van der Waals surface area contributed by atoms with Crippen LogP contribution in [0.1, 0.15) is 37.3 Å². The Labute approximate surface area is 155 Å². The number of anilines is 1. The molecule has 1 aliphatic heterocycles. The third-order valence-corrected chi connectivity index (χ3v) is 7.90. The zero-order chi connectivity index (χ0) is 17.4. The Morgan fingerprint density at radius 3 is 3.08 bits per heavy atom. The SMILES string of the molecule is N#CCC(C1CCCC1O)n1cc(-c2ncn[c]3c2C=[CH][Sn]3)c(N)n1. The van der Waals surface area contributed by atoms with E-state index in [1.165, 1.54) is 0 Å². The van der Waals surface area contributed by atoms with Crippen molar-refractivity contribution < 1.29 is 5.11 Å². The third-order valence-electron chi connectivity index (χ3n) is 5.04. The Kier molecular flexibility index (Phi) is 4.48. The molecular weight excluding hydrogens is 423 g/mol. The molecule has 2 aromatic rings. The zero-order valence-electron chi connectivity index (χ0n) is 13.6. The van der Waals surface area contributed by atoms with Crippen LogP contribution in [-0.4, -0.2) is 52.1 Å². The van der Waals surface area contributed by atoms with Crippen molar-refractivity contribution >= 4 is 36.7 Å². The second-order valence-electron chi connectivity index (χ2n) is 6.46. The van der Waals surface area contributed by atoms with E-state index in [-0.39, 0.29) is 18.1 Å². The van der Waals surface area contributed by atoms with Crippen LogP contribution in [-0.2, 0) is 0 Å². The zero-order valence-corrected chi connectivity index (χ0v) is 16.5. The van der Waals surface area contributed by atoms with Crippen LogP contribution in [0.4, 0.5) is 5.82 Å². The average molecular weight is 441 g/mol. The van der Waals surface area contributed by atoms with E-state index in [2.05, 4.69) is 31.3 Å². The molecule has 0 amide bonds. The quantitative estimate of drug-likeness (QED) is 0.681. The number of aliphatic hydroxyl groups excluding tert-OH is 1. The van der Waals surface area contributed by atoms with Crippen molar-refractivity contribution in [3.8, 4) is 17.3 Å². The summed E-state index contributed by atoms with van der Waals surface area (Å²) in [6.07, 6.45) is 8.14. The number of hydrogen-bond donors (Lipinski definition) is 2. The molecule has 1 fully saturated rings. The van der Waals surface area contributed by atoms with Gasteiger partial charge in [-0.2, -0.15) is 0 Å². The monoisotopic (exact) mass is 442 g/mol. The van der Waals surface area contributed by atoms with Crippen molar-refractivity contribution in [2.24, 2.45) is 5.92 Å². The van der Waals surface area contributed by atoms with Crippen LogP contribution in [0, 0.1) is 17.2 Å². The van der Waals surface area contributed by atoms with E-state index in [1.807, 2.05) is 6.20 Å². The number of aromatic nitrogens is 4. The normalized spacial score (nSPS) is 22.7. The predicted molar refractivity (Wildman–Crippen MR) is 94.7 cm³/mol. The maximum absolute atomic E-state index is 10.3. The number of fused-ring (bicyclic) bond motifs is 1. The molecule has 8 heteroatoms. The van der Waals surface area contributed by atoms with E-state index in [9.17, 15) is 10.4 Å². The Balaban J connectivity index is 1.74. The fraction of sp³-hybridized carbons (Fsp3) is 0.412. The van der Waals surface area contributed by atoms with Crippen LogP contribution in [0.15, 0.2) is 16.6 Å². The van der Waals surface area contributed by atoms with Gasteiger partial charge in [0, 0.05) is 0 Å².